The third-order valence-corrected chi connectivity index (χ3v) is 2.98. The van der Waals surface area contributed by atoms with E-state index in [0.29, 0.717) is 13.2 Å². The molecule has 0 radical (unpaired) electrons. The van der Waals surface area contributed by atoms with Crippen molar-refractivity contribution >= 4 is 11.8 Å². The Morgan fingerprint density at radius 2 is 2.00 bits per heavy atom. The molecule has 0 aliphatic carbocycles. The molecule has 0 saturated carbocycles. The lowest BCUT2D eigenvalue weighted by Crippen LogP contribution is -2.30. The highest BCUT2D eigenvalue weighted by molar-refractivity contribution is 5.86. The molecule has 0 aromatic heterocycles. The van der Waals surface area contributed by atoms with E-state index in [0.717, 1.165) is 6.42 Å². The summed E-state index contributed by atoms with van der Waals surface area (Å²) in [7, 11) is 0. The molecule has 1 heterocycles. The van der Waals surface area contributed by atoms with Gasteiger partial charge in [-0.3, -0.25) is 9.59 Å². The molecule has 17 heavy (non-hydrogen) atoms. The molecule has 0 bridgehead atoms. The van der Waals surface area contributed by atoms with Gasteiger partial charge in [-0.05, 0) is 12.0 Å². The fourth-order valence-electron chi connectivity index (χ4n) is 1.91. The van der Waals surface area contributed by atoms with Crippen LogP contribution in [0.1, 0.15) is 12.5 Å². The molecule has 2 rings (SSSR count). The van der Waals surface area contributed by atoms with Crippen molar-refractivity contribution in [1.82, 2.24) is 9.80 Å². The number of nitrogens with zero attached hydrogens (tertiary/aromatic N) is 2. The summed E-state index contributed by atoms with van der Waals surface area (Å²) in [5.74, 6) is -0.00306. The van der Waals surface area contributed by atoms with Crippen LogP contribution < -0.4 is 0 Å². The largest absolute Gasteiger partial charge is 0.323 e. The lowest BCUT2D eigenvalue weighted by atomic mass is 10.1. The Morgan fingerprint density at radius 1 is 1.29 bits per heavy atom. The second-order valence-electron chi connectivity index (χ2n) is 4.25. The summed E-state index contributed by atoms with van der Waals surface area (Å²) in [4.78, 5) is 26.1. The first-order valence-corrected chi connectivity index (χ1v) is 5.74. The molecule has 1 saturated heterocycles. The Balaban J connectivity index is 1.88. The summed E-state index contributed by atoms with van der Waals surface area (Å²) in [5, 5.41) is 0. The average Bonchev–Trinajstić information content (AvgIpc) is 2.70. The Bertz CT molecular complexity index is 417. The molecule has 0 atom stereocenters. The van der Waals surface area contributed by atoms with E-state index in [-0.39, 0.29) is 18.4 Å². The van der Waals surface area contributed by atoms with Gasteiger partial charge in [0, 0.05) is 13.5 Å². The van der Waals surface area contributed by atoms with Gasteiger partial charge in [0.05, 0.1) is 6.67 Å². The zero-order chi connectivity index (χ0) is 12.3. The molecule has 1 aromatic rings. The maximum Gasteiger partial charge on any atom is 0.243 e. The van der Waals surface area contributed by atoms with Gasteiger partial charge in [0.15, 0.2) is 0 Å². The Morgan fingerprint density at radius 3 is 2.59 bits per heavy atom. The van der Waals surface area contributed by atoms with Crippen LogP contribution in [0.5, 0.6) is 0 Å². The number of carbonyl (C=O) groups excluding carboxylic acids is 2. The highest BCUT2D eigenvalue weighted by Gasteiger charge is 2.28. The van der Waals surface area contributed by atoms with Crippen molar-refractivity contribution in [3.8, 4) is 0 Å². The van der Waals surface area contributed by atoms with E-state index in [1.54, 1.807) is 9.80 Å². The highest BCUT2D eigenvalue weighted by Crippen LogP contribution is 2.08. The molecule has 4 heteroatoms. The first kappa shape index (κ1) is 11.6. The SMILES string of the molecule is CC(=O)N1CC(=O)N(CCc2ccccc2)C1. The van der Waals surface area contributed by atoms with E-state index in [2.05, 4.69) is 0 Å². The molecule has 2 amide bonds. The van der Waals surface area contributed by atoms with Crippen molar-refractivity contribution in [2.24, 2.45) is 0 Å². The minimum absolute atomic E-state index is 0.0381. The van der Waals surface area contributed by atoms with E-state index in [9.17, 15) is 9.59 Å². The Labute approximate surface area is 101 Å². The smallest absolute Gasteiger partial charge is 0.243 e. The van der Waals surface area contributed by atoms with Gasteiger partial charge in [0.1, 0.15) is 6.54 Å². The van der Waals surface area contributed by atoms with Crippen LogP contribution in [0.2, 0.25) is 0 Å². The first-order chi connectivity index (χ1) is 8.16. The zero-order valence-electron chi connectivity index (χ0n) is 9.93. The maximum atomic E-state index is 11.6. The quantitative estimate of drug-likeness (QED) is 0.776. The number of benzene rings is 1. The molecule has 0 N–H and O–H groups in total. The van der Waals surface area contributed by atoms with Crippen molar-refractivity contribution in [1.29, 1.82) is 0 Å². The van der Waals surface area contributed by atoms with Crippen molar-refractivity contribution < 1.29 is 9.59 Å². The van der Waals surface area contributed by atoms with Crippen molar-refractivity contribution in [2.75, 3.05) is 19.8 Å². The molecular weight excluding hydrogens is 216 g/mol. The Hall–Kier alpha value is -1.84. The molecular formula is C13H16N2O2. The van der Waals surface area contributed by atoms with Crippen molar-refractivity contribution in [3.63, 3.8) is 0 Å². The van der Waals surface area contributed by atoms with E-state index >= 15 is 0 Å². The molecule has 1 aliphatic heterocycles. The van der Waals surface area contributed by atoms with E-state index < -0.39 is 0 Å². The molecule has 1 aromatic carbocycles. The van der Waals surface area contributed by atoms with Gasteiger partial charge >= 0.3 is 0 Å². The third kappa shape index (κ3) is 2.84. The van der Waals surface area contributed by atoms with Crippen LogP contribution in [0, 0.1) is 0 Å². The summed E-state index contributed by atoms with van der Waals surface area (Å²) in [6.45, 7) is 2.83. The van der Waals surface area contributed by atoms with E-state index in [1.165, 1.54) is 12.5 Å². The number of hydrogen-bond donors (Lipinski definition) is 0. The van der Waals surface area contributed by atoms with Gasteiger partial charge in [-0.1, -0.05) is 30.3 Å². The fraction of sp³-hybridized carbons (Fsp3) is 0.385. The van der Waals surface area contributed by atoms with Crippen LogP contribution in [0.3, 0.4) is 0 Å². The zero-order valence-corrected chi connectivity index (χ0v) is 9.93. The third-order valence-electron chi connectivity index (χ3n) is 2.98. The molecule has 1 fully saturated rings. The number of rotatable bonds is 3. The van der Waals surface area contributed by atoms with Gasteiger partial charge in [0.2, 0.25) is 11.8 Å². The lowest BCUT2D eigenvalue weighted by Gasteiger charge is -2.16. The van der Waals surface area contributed by atoms with Gasteiger partial charge in [0.25, 0.3) is 0 Å². The van der Waals surface area contributed by atoms with Crippen LogP contribution >= 0.6 is 0 Å². The second kappa shape index (κ2) is 4.99. The monoisotopic (exact) mass is 232 g/mol. The van der Waals surface area contributed by atoms with Crippen LogP contribution in [0.15, 0.2) is 30.3 Å². The molecule has 0 spiro atoms. The molecule has 4 nitrogen and oxygen atoms in total. The summed E-state index contributed by atoms with van der Waals surface area (Å²) >= 11 is 0. The van der Waals surface area contributed by atoms with Crippen LogP contribution in [0.25, 0.3) is 0 Å². The summed E-state index contributed by atoms with van der Waals surface area (Å²) in [5.41, 5.74) is 1.21. The molecule has 90 valence electrons. The van der Waals surface area contributed by atoms with Gasteiger partial charge in [-0.15, -0.1) is 0 Å². The number of hydrogen-bond acceptors (Lipinski definition) is 2. The Kier molecular flexibility index (Phi) is 3.42. The average molecular weight is 232 g/mol. The molecule has 0 unspecified atom stereocenters. The highest BCUT2D eigenvalue weighted by atomic mass is 16.2. The fourth-order valence-corrected chi connectivity index (χ4v) is 1.91. The summed E-state index contributed by atoms with van der Waals surface area (Å²) < 4.78 is 0. The minimum Gasteiger partial charge on any atom is -0.323 e. The summed E-state index contributed by atoms with van der Waals surface area (Å²) in [6, 6.07) is 10.0. The van der Waals surface area contributed by atoms with Gasteiger partial charge < -0.3 is 9.80 Å². The predicted octanol–water partition coefficient (Wildman–Crippen LogP) is 0.877. The van der Waals surface area contributed by atoms with Crippen LogP contribution in [-0.2, 0) is 16.0 Å². The topological polar surface area (TPSA) is 40.6 Å². The first-order valence-electron chi connectivity index (χ1n) is 5.74. The second-order valence-corrected chi connectivity index (χ2v) is 4.25. The van der Waals surface area contributed by atoms with Crippen molar-refractivity contribution in [2.45, 2.75) is 13.3 Å². The minimum atomic E-state index is -0.0411. The van der Waals surface area contributed by atoms with E-state index in [1.807, 2.05) is 30.3 Å². The normalized spacial score (nSPS) is 15.5. The standard InChI is InChI=1S/C13H16N2O2/c1-11(16)15-9-13(17)14(10-15)8-7-12-5-3-2-4-6-12/h2-6H,7-10H2,1H3. The predicted molar refractivity (Wildman–Crippen MR) is 64.1 cm³/mol. The maximum absolute atomic E-state index is 11.6. The summed E-state index contributed by atoms with van der Waals surface area (Å²) in [6.07, 6.45) is 0.832. The van der Waals surface area contributed by atoms with Gasteiger partial charge in [-0.25, -0.2) is 0 Å². The van der Waals surface area contributed by atoms with Crippen LogP contribution in [-0.4, -0.2) is 41.4 Å². The van der Waals surface area contributed by atoms with Gasteiger partial charge in [-0.2, -0.15) is 0 Å². The lowest BCUT2D eigenvalue weighted by molar-refractivity contribution is -0.130. The number of carbonyl (C=O) groups is 2. The van der Waals surface area contributed by atoms with Crippen LogP contribution in [0.4, 0.5) is 0 Å². The van der Waals surface area contributed by atoms with Crippen molar-refractivity contribution in [3.05, 3.63) is 35.9 Å². The molecule has 1 aliphatic rings. The van der Waals surface area contributed by atoms with E-state index in [4.69, 9.17) is 0 Å². The number of amides is 2.